The van der Waals surface area contributed by atoms with Crippen molar-refractivity contribution in [3.8, 4) is 5.75 Å². The summed E-state index contributed by atoms with van der Waals surface area (Å²) >= 11 is 0. The van der Waals surface area contributed by atoms with E-state index >= 15 is 0 Å². The molecule has 1 aromatic carbocycles. The molecule has 0 fully saturated rings. The fraction of sp³-hybridized carbons (Fsp3) is 0.538. The molecule has 0 saturated heterocycles. The van der Waals surface area contributed by atoms with Gasteiger partial charge in [0.1, 0.15) is 15.6 Å². The van der Waals surface area contributed by atoms with Crippen molar-refractivity contribution in [2.24, 2.45) is 0 Å². The van der Waals surface area contributed by atoms with E-state index in [1.807, 2.05) is 31.2 Å². The number of sulfone groups is 1. The molecule has 4 nitrogen and oxygen atoms in total. The molecule has 0 saturated carbocycles. The molecule has 102 valence electrons. The highest BCUT2D eigenvalue weighted by molar-refractivity contribution is 7.90. The van der Waals surface area contributed by atoms with Crippen LogP contribution in [0.25, 0.3) is 0 Å². The largest absolute Gasteiger partial charge is 0.496 e. The number of rotatable bonds is 7. The Labute approximate surface area is 109 Å². The number of methoxy groups -OCH3 is 1. The molecule has 1 aromatic rings. The summed E-state index contributed by atoms with van der Waals surface area (Å²) in [6.07, 6.45) is 1.88. The van der Waals surface area contributed by atoms with Crippen molar-refractivity contribution in [1.82, 2.24) is 5.32 Å². The Hall–Kier alpha value is -1.07. The molecule has 5 heteroatoms. The zero-order chi connectivity index (χ0) is 13.6. The SMILES string of the molecule is COc1ccccc1[C@H](C)NCCCS(C)(=O)=O. The minimum absolute atomic E-state index is 0.140. The predicted octanol–water partition coefficient (Wildman–Crippen LogP) is 1.78. The molecule has 0 aromatic heterocycles. The first kappa shape index (κ1) is 15.0. The normalized spacial score (nSPS) is 13.3. The predicted molar refractivity (Wildman–Crippen MR) is 73.7 cm³/mol. The van der Waals surface area contributed by atoms with Crippen LogP contribution in [0.2, 0.25) is 0 Å². The van der Waals surface area contributed by atoms with Crippen LogP contribution in [0, 0.1) is 0 Å². The van der Waals surface area contributed by atoms with Gasteiger partial charge in [0.05, 0.1) is 12.9 Å². The van der Waals surface area contributed by atoms with E-state index < -0.39 is 9.84 Å². The first-order chi connectivity index (χ1) is 8.44. The molecule has 0 aliphatic carbocycles. The molecule has 0 aliphatic rings. The van der Waals surface area contributed by atoms with E-state index in [0.717, 1.165) is 11.3 Å². The second-order valence-corrected chi connectivity index (χ2v) is 6.66. The third-order valence-corrected chi connectivity index (χ3v) is 3.78. The van der Waals surface area contributed by atoms with Crippen LogP contribution < -0.4 is 10.1 Å². The molecule has 0 spiro atoms. The summed E-state index contributed by atoms with van der Waals surface area (Å²) in [5.74, 6) is 1.07. The minimum Gasteiger partial charge on any atom is -0.496 e. The van der Waals surface area contributed by atoms with Crippen LogP contribution in [0.15, 0.2) is 24.3 Å². The van der Waals surface area contributed by atoms with Gasteiger partial charge in [0.25, 0.3) is 0 Å². The average Bonchev–Trinajstić information content (AvgIpc) is 2.33. The number of para-hydroxylation sites is 1. The van der Waals surface area contributed by atoms with Gasteiger partial charge in [-0.3, -0.25) is 0 Å². The molecule has 0 radical (unpaired) electrons. The summed E-state index contributed by atoms with van der Waals surface area (Å²) in [5.41, 5.74) is 1.08. The van der Waals surface area contributed by atoms with E-state index in [1.54, 1.807) is 7.11 Å². The number of nitrogens with one attached hydrogen (secondary N) is 1. The highest BCUT2D eigenvalue weighted by Gasteiger charge is 2.10. The lowest BCUT2D eigenvalue weighted by Crippen LogP contribution is -2.22. The van der Waals surface area contributed by atoms with Crippen molar-refractivity contribution in [2.75, 3.05) is 25.7 Å². The van der Waals surface area contributed by atoms with Crippen LogP contribution in [0.3, 0.4) is 0 Å². The van der Waals surface area contributed by atoms with E-state index in [4.69, 9.17) is 4.74 Å². The molecule has 18 heavy (non-hydrogen) atoms. The van der Waals surface area contributed by atoms with Crippen LogP contribution in [0.4, 0.5) is 0 Å². The first-order valence-corrected chi connectivity index (χ1v) is 8.04. The molecule has 0 unspecified atom stereocenters. The Balaban J connectivity index is 2.48. The van der Waals surface area contributed by atoms with Gasteiger partial charge in [-0.1, -0.05) is 18.2 Å². The zero-order valence-corrected chi connectivity index (χ0v) is 12.0. The maximum absolute atomic E-state index is 11.0. The van der Waals surface area contributed by atoms with Gasteiger partial charge in [-0.05, 0) is 26.0 Å². The standard InChI is InChI=1S/C13H21NO3S/c1-11(14-9-6-10-18(3,15)16)12-7-4-5-8-13(12)17-2/h4-5,7-8,11,14H,6,9-10H2,1-3H3/t11-/m0/s1. The van der Waals surface area contributed by atoms with Crippen molar-refractivity contribution in [3.05, 3.63) is 29.8 Å². The lowest BCUT2D eigenvalue weighted by molar-refractivity contribution is 0.401. The maximum Gasteiger partial charge on any atom is 0.147 e. The van der Waals surface area contributed by atoms with Gasteiger partial charge in [-0.2, -0.15) is 0 Å². The highest BCUT2D eigenvalue weighted by atomic mass is 32.2. The monoisotopic (exact) mass is 271 g/mol. The van der Waals surface area contributed by atoms with Crippen LogP contribution in [-0.2, 0) is 9.84 Å². The summed E-state index contributed by atoms with van der Waals surface area (Å²) in [5, 5.41) is 3.30. The van der Waals surface area contributed by atoms with E-state index in [0.29, 0.717) is 13.0 Å². The average molecular weight is 271 g/mol. The first-order valence-electron chi connectivity index (χ1n) is 5.98. The van der Waals surface area contributed by atoms with Gasteiger partial charge >= 0.3 is 0 Å². The molecule has 1 atom stereocenters. The summed E-state index contributed by atoms with van der Waals surface area (Å²) in [4.78, 5) is 0. The lowest BCUT2D eigenvalue weighted by Gasteiger charge is -2.17. The maximum atomic E-state index is 11.0. The zero-order valence-electron chi connectivity index (χ0n) is 11.1. The number of hydrogen-bond acceptors (Lipinski definition) is 4. The molecule has 1 N–H and O–H groups in total. The van der Waals surface area contributed by atoms with Crippen molar-refractivity contribution >= 4 is 9.84 Å². The van der Waals surface area contributed by atoms with Crippen molar-refractivity contribution in [1.29, 1.82) is 0 Å². The number of benzene rings is 1. The molecule has 1 rings (SSSR count). The van der Waals surface area contributed by atoms with Gasteiger partial charge < -0.3 is 10.1 Å². The molecule has 0 amide bonds. The topological polar surface area (TPSA) is 55.4 Å². The third kappa shape index (κ3) is 5.06. The van der Waals surface area contributed by atoms with Gasteiger partial charge in [0.2, 0.25) is 0 Å². The molecule has 0 bridgehead atoms. The van der Waals surface area contributed by atoms with Crippen molar-refractivity contribution in [2.45, 2.75) is 19.4 Å². The van der Waals surface area contributed by atoms with Crippen LogP contribution in [0.5, 0.6) is 5.75 Å². The Morgan fingerprint density at radius 1 is 1.33 bits per heavy atom. The number of hydrogen-bond donors (Lipinski definition) is 1. The van der Waals surface area contributed by atoms with E-state index in [2.05, 4.69) is 5.32 Å². The summed E-state index contributed by atoms with van der Waals surface area (Å²) in [7, 11) is -1.22. The summed E-state index contributed by atoms with van der Waals surface area (Å²) in [6.45, 7) is 2.71. The van der Waals surface area contributed by atoms with Gasteiger partial charge in [0, 0.05) is 17.9 Å². The van der Waals surface area contributed by atoms with Crippen LogP contribution in [-0.4, -0.2) is 34.1 Å². The molecule has 0 aliphatic heterocycles. The second-order valence-electron chi connectivity index (χ2n) is 4.40. The Morgan fingerprint density at radius 2 is 2.00 bits per heavy atom. The number of ether oxygens (including phenoxy) is 1. The fourth-order valence-electron chi connectivity index (χ4n) is 1.79. The van der Waals surface area contributed by atoms with E-state index in [1.165, 1.54) is 6.26 Å². The van der Waals surface area contributed by atoms with Crippen LogP contribution >= 0.6 is 0 Å². The highest BCUT2D eigenvalue weighted by Crippen LogP contribution is 2.23. The van der Waals surface area contributed by atoms with Crippen molar-refractivity contribution in [3.63, 3.8) is 0 Å². The Kier molecular flexibility index (Phi) is 5.62. The molecular formula is C13H21NO3S. The summed E-state index contributed by atoms with van der Waals surface area (Å²) < 4.78 is 27.3. The van der Waals surface area contributed by atoms with Gasteiger partial charge in [0.15, 0.2) is 0 Å². The fourth-order valence-corrected chi connectivity index (χ4v) is 2.46. The van der Waals surface area contributed by atoms with Gasteiger partial charge in [-0.25, -0.2) is 8.42 Å². The lowest BCUT2D eigenvalue weighted by atomic mass is 10.1. The van der Waals surface area contributed by atoms with Crippen LogP contribution in [0.1, 0.15) is 24.9 Å². The quantitative estimate of drug-likeness (QED) is 0.768. The third-order valence-electron chi connectivity index (χ3n) is 2.75. The molecular weight excluding hydrogens is 250 g/mol. The van der Waals surface area contributed by atoms with E-state index in [-0.39, 0.29) is 11.8 Å². The minimum atomic E-state index is -2.86. The molecule has 0 heterocycles. The Morgan fingerprint density at radius 3 is 2.61 bits per heavy atom. The smallest absolute Gasteiger partial charge is 0.147 e. The van der Waals surface area contributed by atoms with Gasteiger partial charge in [-0.15, -0.1) is 0 Å². The Bertz CT molecular complexity index is 471. The second kappa shape index (κ2) is 6.75. The van der Waals surface area contributed by atoms with Crippen molar-refractivity contribution < 1.29 is 13.2 Å². The summed E-state index contributed by atoms with van der Waals surface area (Å²) in [6, 6.07) is 7.96. The van der Waals surface area contributed by atoms with E-state index in [9.17, 15) is 8.42 Å².